The van der Waals surface area contributed by atoms with Crippen LogP contribution in [0.1, 0.15) is 29.5 Å². The Morgan fingerprint density at radius 1 is 1.28 bits per heavy atom. The molecule has 98 valence electrons. The summed E-state index contributed by atoms with van der Waals surface area (Å²) in [5.41, 5.74) is 4.47. The molecule has 1 aliphatic rings. The number of benzene rings is 1. The van der Waals surface area contributed by atoms with Crippen LogP contribution in [0.4, 0.5) is 5.69 Å². The van der Waals surface area contributed by atoms with E-state index in [0.717, 1.165) is 18.5 Å². The van der Waals surface area contributed by atoms with E-state index in [9.17, 15) is 9.90 Å². The Bertz CT molecular complexity index is 490. The highest BCUT2D eigenvalue weighted by Crippen LogP contribution is 2.47. The van der Waals surface area contributed by atoms with Crippen LogP contribution in [-0.4, -0.2) is 24.7 Å². The maximum Gasteiger partial charge on any atom is 0.311 e. The number of rotatable bonds is 4. The van der Waals surface area contributed by atoms with E-state index in [1.807, 2.05) is 7.05 Å². The van der Waals surface area contributed by atoms with Crippen molar-refractivity contribution in [1.29, 1.82) is 0 Å². The van der Waals surface area contributed by atoms with Gasteiger partial charge < -0.3 is 10.0 Å². The standard InChI is InChI=1S/C15H21NO2/c1-10-5-6-13(12(3)11(10)2)16(4)9-15(7-8-15)14(17)18/h5-6H,7-9H2,1-4H3,(H,17,18). The molecule has 1 aromatic carbocycles. The molecule has 3 heteroatoms. The minimum atomic E-state index is -0.657. The molecule has 1 saturated carbocycles. The van der Waals surface area contributed by atoms with Crippen LogP contribution in [0.25, 0.3) is 0 Å². The second-order valence-corrected chi connectivity index (χ2v) is 5.59. The lowest BCUT2D eigenvalue weighted by atomic mass is 10.0. The third-order valence-electron chi connectivity index (χ3n) is 4.29. The van der Waals surface area contributed by atoms with E-state index in [4.69, 9.17) is 0 Å². The van der Waals surface area contributed by atoms with Crippen LogP contribution in [0, 0.1) is 26.2 Å². The van der Waals surface area contributed by atoms with Gasteiger partial charge in [-0.1, -0.05) is 6.07 Å². The zero-order valence-corrected chi connectivity index (χ0v) is 11.6. The van der Waals surface area contributed by atoms with Gasteiger partial charge in [0.2, 0.25) is 0 Å². The molecule has 1 aromatic rings. The average Bonchev–Trinajstić information content (AvgIpc) is 3.07. The molecule has 1 aliphatic carbocycles. The highest BCUT2D eigenvalue weighted by Gasteiger charge is 2.51. The molecule has 0 amide bonds. The van der Waals surface area contributed by atoms with Gasteiger partial charge >= 0.3 is 5.97 Å². The molecule has 0 aromatic heterocycles. The van der Waals surface area contributed by atoms with Crippen molar-refractivity contribution in [2.45, 2.75) is 33.6 Å². The van der Waals surface area contributed by atoms with Gasteiger partial charge in [0, 0.05) is 19.3 Å². The Morgan fingerprint density at radius 2 is 1.89 bits per heavy atom. The first-order chi connectivity index (χ1) is 8.37. The van der Waals surface area contributed by atoms with Crippen LogP contribution in [0.2, 0.25) is 0 Å². The number of hydrogen-bond donors (Lipinski definition) is 1. The molecule has 2 rings (SSSR count). The quantitative estimate of drug-likeness (QED) is 0.889. The van der Waals surface area contributed by atoms with Gasteiger partial charge in [0.15, 0.2) is 0 Å². The molecule has 0 bridgehead atoms. The van der Waals surface area contributed by atoms with Crippen molar-refractivity contribution in [2.75, 3.05) is 18.5 Å². The fourth-order valence-electron chi connectivity index (χ4n) is 2.48. The smallest absolute Gasteiger partial charge is 0.311 e. The Balaban J connectivity index is 2.22. The van der Waals surface area contributed by atoms with Gasteiger partial charge in [-0.3, -0.25) is 4.79 Å². The molecule has 0 spiro atoms. The van der Waals surface area contributed by atoms with E-state index in [1.165, 1.54) is 16.7 Å². The average molecular weight is 247 g/mol. The summed E-state index contributed by atoms with van der Waals surface area (Å²) in [6, 6.07) is 4.20. The first kappa shape index (κ1) is 12.9. The lowest BCUT2D eigenvalue weighted by Crippen LogP contribution is -2.32. The largest absolute Gasteiger partial charge is 0.481 e. The molecular formula is C15H21NO2. The molecule has 3 nitrogen and oxygen atoms in total. The van der Waals surface area contributed by atoms with Gasteiger partial charge in [0.05, 0.1) is 5.41 Å². The summed E-state index contributed by atoms with van der Waals surface area (Å²) >= 11 is 0. The number of carboxylic acids is 1. The zero-order valence-electron chi connectivity index (χ0n) is 11.6. The van der Waals surface area contributed by atoms with Crippen LogP contribution < -0.4 is 4.90 Å². The zero-order chi connectivity index (χ0) is 13.5. The monoisotopic (exact) mass is 247 g/mol. The van der Waals surface area contributed by atoms with Crippen molar-refractivity contribution in [3.8, 4) is 0 Å². The van der Waals surface area contributed by atoms with Gasteiger partial charge in [-0.25, -0.2) is 0 Å². The first-order valence-electron chi connectivity index (χ1n) is 6.39. The summed E-state index contributed by atoms with van der Waals surface area (Å²) in [6.07, 6.45) is 1.60. The van der Waals surface area contributed by atoms with Crippen LogP contribution >= 0.6 is 0 Å². The van der Waals surface area contributed by atoms with Gasteiger partial charge in [-0.2, -0.15) is 0 Å². The van der Waals surface area contributed by atoms with Crippen molar-refractivity contribution in [3.05, 3.63) is 28.8 Å². The van der Waals surface area contributed by atoms with E-state index >= 15 is 0 Å². The summed E-state index contributed by atoms with van der Waals surface area (Å²) in [6.45, 7) is 6.93. The topological polar surface area (TPSA) is 40.5 Å². The molecule has 0 unspecified atom stereocenters. The van der Waals surface area contributed by atoms with Gasteiger partial charge in [-0.05, 0) is 56.4 Å². The Hall–Kier alpha value is -1.51. The number of carbonyl (C=O) groups is 1. The van der Waals surface area contributed by atoms with Crippen LogP contribution in [-0.2, 0) is 4.79 Å². The number of aryl methyl sites for hydroxylation is 1. The summed E-state index contributed by atoms with van der Waals surface area (Å²) in [4.78, 5) is 13.3. The lowest BCUT2D eigenvalue weighted by Gasteiger charge is -2.26. The maximum atomic E-state index is 11.2. The van der Waals surface area contributed by atoms with E-state index in [0.29, 0.717) is 6.54 Å². The number of hydrogen-bond acceptors (Lipinski definition) is 2. The van der Waals surface area contributed by atoms with Gasteiger partial charge in [-0.15, -0.1) is 0 Å². The highest BCUT2D eigenvalue weighted by molar-refractivity contribution is 5.79. The van der Waals surface area contributed by atoms with Crippen molar-refractivity contribution in [1.82, 2.24) is 0 Å². The summed E-state index contributed by atoms with van der Waals surface area (Å²) in [5.74, 6) is -0.657. The van der Waals surface area contributed by atoms with E-state index < -0.39 is 11.4 Å². The molecule has 0 aliphatic heterocycles. The molecule has 0 heterocycles. The number of carboxylic acid groups (broad SMARTS) is 1. The number of nitrogens with zero attached hydrogens (tertiary/aromatic N) is 1. The summed E-state index contributed by atoms with van der Waals surface area (Å²) < 4.78 is 0. The Labute approximate surface area is 108 Å². The fraction of sp³-hybridized carbons (Fsp3) is 0.533. The maximum absolute atomic E-state index is 11.2. The highest BCUT2D eigenvalue weighted by atomic mass is 16.4. The van der Waals surface area contributed by atoms with Crippen molar-refractivity contribution >= 4 is 11.7 Å². The predicted molar refractivity (Wildman–Crippen MR) is 73.2 cm³/mol. The molecule has 18 heavy (non-hydrogen) atoms. The Kier molecular flexibility index (Phi) is 3.09. The first-order valence-corrected chi connectivity index (χ1v) is 6.39. The van der Waals surface area contributed by atoms with E-state index in [-0.39, 0.29) is 0 Å². The molecule has 0 atom stereocenters. The van der Waals surface area contributed by atoms with Gasteiger partial charge in [0.25, 0.3) is 0 Å². The van der Waals surface area contributed by atoms with Crippen LogP contribution in [0.5, 0.6) is 0 Å². The fourth-order valence-corrected chi connectivity index (χ4v) is 2.48. The number of anilines is 1. The SMILES string of the molecule is Cc1ccc(N(C)CC2(C(=O)O)CC2)c(C)c1C. The van der Waals surface area contributed by atoms with Crippen molar-refractivity contribution < 1.29 is 9.90 Å². The predicted octanol–water partition coefficient (Wildman–Crippen LogP) is 2.91. The lowest BCUT2D eigenvalue weighted by molar-refractivity contribution is -0.142. The molecular weight excluding hydrogens is 226 g/mol. The van der Waals surface area contributed by atoms with Crippen LogP contribution in [0.15, 0.2) is 12.1 Å². The van der Waals surface area contributed by atoms with E-state index in [2.05, 4.69) is 37.8 Å². The number of aliphatic carboxylic acids is 1. The van der Waals surface area contributed by atoms with Crippen LogP contribution in [0.3, 0.4) is 0 Å². The summed E-state index contributed by atoms with van der Waals surface area (Å²) in [7, 11) is 1.99. The third kappa shape index (κ3) is 2.09. The second kappa shape index (κ2) is 4.30. The minimum Gasteiger partial charge on any atom is -0.481 e. The third-order valence-corrected chi connectivity index (χ3v) is 4.29. The molecule has 0 saturated heterocycles. The summed E-state index contributed by atoms with van der Waals surface area (Å²) in [5, 5.41) is 9.24. The Morgan fingerprint density at radius 3 is 2.39 bits per heavy atom. The second-order valence-electron chi connectivity index (χ2n) is 5.59. The minimum absolute atomic E-state index is 0.500. The molecule has 1 fully saturated rings. The molecule has 0 radical (unpaired) electrons. The van der Waals surface area contributed by atoms with Crippen molar-refractivity contribution in [2.24, 2.45) is 5.41 Å². The molecule has 1 N–H and O–H groups in total. The van der Waals surface area contributed by atoms with Crippen molar-refractivity contribution in [3.63, 3.8) is 0 Å². The van der Waals surface area contributed by atoms with Gasteiger partial charge in [0.1, 0.15) is 0 Å². The normalized spacial score (nSPS) is 16.4. The van der Waals surface area contributed by atoms with E-state index in [1.54, 1.807) is 0 Å².